The minimum absolute atomic E-state index is 0.196. The number of likely N-dealkylation sites (N-methyl/N-ethyl adjacent to an activating group) is 1. The number of ether oxygens (including phenoxy) is 1. The average molecular weight is 401 g/mol. The summed E-state index contributed by atoms with van der Waals surface area (Å²) in [4.78, 5) is 44.5. The summed E-state index contributed by atoms with van der Waals surface area (Å²) in [5, 5.41) is 3.47. The molecular weight excluding hydrogens is 374 g/mol. The van der Waals surface area contributed by atoms with Gasteiger partial charge in [0.05, 0.1) is 7.11 Å². The van der Waals surface area contributed by atoms with Gasteiger partial charge in [0.25, 0.3) is 5.91 Å². The van der Waals surface area contributed by atoms with E-state index in [1.54, 1.807) is 7.05 Å². The van der Waals surface area contributed by atoms with Crippen LogP contribution in [-0.4, -0.2) is 84.9 Å². The first-order chi connectivity index (χ1) is 13.8. The zero-order valence-electron chi connectivity index (χ0n) is 17.2. The van der Waals surface area contributed by atoms with Gasteiger partial charge in [-0.25, -0.2) is 4.79 Å². The number of hydrogen-bond acceptors (Lipinski definition) is 7. The Morgan fingerprint density at radius 2 is 1.97 bits per heavy atom. The Morgan fingerprint density at radius 1 is 1.21 bits per heavy atom. The number of amides is 3. The standard InChI is InChI=1S/C20H27N5O4/c1-12-6-7-14(10-13(12)2)23-8-5-9-24-16-17(21-19(23)24)22(3)20(28)25(18(16)27)11-15(26)29-4/h6-7,10,16-17,19,21H,5,8-9,11H2,1-4H3. The maximum atomic E-state index is 13.2. The second-order valence-electron chi connectivity index (χ2n) is 7.88. The van der Waals surface area contributed by atoms with Crippen LogP contribution in [0.15, 0.2) is 18.2 Å². The normalized spacial score (nSPS) is 27.2. The van der Waals surface area contributed by atoms with Crippen molar-refractivity contribution in [2.24, 2.45) is 0 Å². The quantitative estimate of drug-likeness (QED) is 0.737. The molecule has 3 atom stereocenters. The number of hydrogen-bond donors (Lipinski definition) is 1. The van der Waals surface area contributed by atoms with E-state index >= 15 is 0 Å². The summed E-state index contributed by atoms with van der Waals surface area (Å²) in [7, 11) is 2.90. The van der Waals surface area contributed by atoms with Crippen molar-refractivity contribution in [1.29, 1.82) is 0 Å². The Bertz CT molecular complexity index is 859. The highest BCUT2D eigenvalue weighted by Crippen LogP contribution is 2.33. The topological polar surface area (TPSA) is 85.4 Å². The number of benzene rings is 1. The number of methoxy groups -OCH3 is 1. The summed E-state index contributed by atoms with van der Waals surface area (Å²) >= 11 is 0. The zero-order chi connectivity index (χ0) is 20.9. The van der Waals surface area contributed by atoms with Crippen molar-refractivity contribution >= 4 is 23.6 Å². The van der Waals surface area contributed by atoms with Crippen LogP contribution in [0.3, 0.4) is 0 Å². The second-order valence-corrected chi connectivity index (χ2v) is 7.88. The lowest BCUT2D eigenvalue weighted by Crippen LogP contribution is -2.67. The van der Waals surface area contributed by atoms with Crippen LogP contribution in [0.25, 0.3) is 0 Å². The Balaban J connectivity index is 1.64. The number of rotatable bonds is 3. The average Bonchev–Trinajstić information content (AvgIpc) is 3.11. The second kappa shape index (κ2) is 7.31. The molecule has 0 saturated carbocycles. The van der Waals surface area contributed by atoms with Gasteiger partial charge < -0.3 is 14.5 Å². The van der Waals surface area contributed by atoms with Crippen LogP contribution in [0.2, 0.25) is 0 Å². The molecule has 1 aromatic carbocycles. The number of aryl methyl sites for hydroxylation is 2. The van der Waals surface area contributed by atoms with Crippen molar-refractivity contribution in [1.82, 2.24) is 20.0 Å². The van der Waals surface area contributed by atoms with Gasteiger partial charge in [0, 0.05) is 25.8 Å². The van der Waals surface area contributed by atoms with Crippen molar-refractivity contribution in [3.63, 3.8) is 0 Å². The van der Waals surface area contributed by atoms with Crippen molar-refractivity contribution < 1.29 is 19.1 Å². The SMILES string of the molecule is COC(=O)CN1C(=O)C2C(NC3N(c4ccc(C)c(C)c4)CCCN23)N(C)C1=O. The van der Waals surface area contributed by atoms with Gasteiger partial charge in [0.2, 0.25) is 0 Å². The number of urea groups is 1. The third-order valence-corrected chi connectivity index (χ3v) is 6.21. The van der Waals surface area contributed by atoms with E-state index in [0.29, 0.717) is 0 Å². The van der Waals surface area contributed by atoms with Gasteiger partial charge in [-0.3, -0.25) is 24.7 Å². The lowest BCUT2D eigenvalue weighted by atomic mass is 10.1. The molecule has 29 heavy (non-hydrogen) atoms. The Morgan fingerprint density at radius 3 is 2.66 bits per heavy atom. The Labute approximate surface area is 170 Å². The molecule has 9 nitrogen and oxygen atoms in total. The smallest absolute Gasteiger partial charge is 0.328 e. The van der Waals surface area contributed by atoms with Crippen LogP contribution in [0, 0.1) is 13.8 Å². The maximum Gasteiger partial charge on any atom is 0.328 e. The molecule has 3 unspecified atom stereocenters. The van der Waals surface area contributed by atoms with Crippen LogP contribution in [0.1, 0.15) is 17.5 Å². The Hall–Kier alpha value is -2.65. The molecule has 9 heteroatoms. The minimum Gasteiger partial charge on any atom is -0.468 e. The van der Waals surface area contributed by atoms with Crippen LogP contribution < -0.4 is 10.2 Å². The summed E-state index contributed by atoms with van der Waals surface area (Å²) in [6, 6.07) is 5.32. The van der Waals surface area contributed by atoms with Gasteiger partial charge in [-0.1, -0.05) is 6.07 Å². The molecule has 3 amide bonds. The molecule has 0 aliphatic carbocycles. The number of carbonyl (C=O) groups excluding carboxylic acids is 3. The molecule has 3 heterocycles. The number of imide groups is 1. The Kier molecular flexibility index (Phi) is 4.95. The minimum atomic E-state index is -0.614. The summed E-state index contributed by atoms with van der Waals surface area (Å²) in [6.45, 7) is 5.39. The lowest BCUT2D eigenvalue weighted by molar-refractivity contribution is -0.149. The van der Waals surface area contributed by atoms with E-state index in [0.717, 1.165) is 30.1 Å². The first kappa shape index (κ1) is 19.7. The van der Waals surface area contributed by atoms with E-state index in [9.17, 15) is 14.4 Å². The van der Waals surface area contributed by atoms with Gasteiger partial charge in [0.1, 0.15) is 25.0 Å². The van der Waals surface area contributed by atoms with E-state index in [-0.39, 0.29) is 18.7 Å². The van der Waals surface area contributed by atoms with Gasteiger partial charge >= 0.3 is 12.0 Å². The predicted molar refractivity (Wildman–Crippen MR) is 106 cm³/mol. The van der Waals surface area contributed by atoms with Gasteiger partial charge in [-0.05, 0) is 43.5 Å². The van der Waals surface area contributed by atoms with E-state index in [4.69, 9.17) is 0 Å². The highest BCUT2D eigenvalue weighted by molar-refractivity contribution is 6.02. The zero-order valence-corrected chi connectivity index (χ0v) is 17.2. The van der Waals surface area contributed by atoms with Crippen LogP contribution in [-0.2, 0) is 14.3 Å². The molecule has 1 aromatic rings. The number of nitrogens with one attached hydrogen (secondary N) is 1. The molecule has 0 bridgehead atoms. The van der Waals surface area contributed by atoms with E-state index in [1.165, 1.54) is 23.1 Å². The number of carbonyl (C=O) groups is 3. The van der Waals surface area contributed by atoms with Gasteiger partial charge in [0.15, 0.2) is 0 Å². The van der Waals surface area contributed by atoms with Crippen LogP contribution in [0.5, 0.6) is 0 Å². The number of nitrogens with zero attached hydrogens (tertiary/aromatic N) is 4. The highest BCUT2D eigenvalue weighted by atomic mass is 16.5. The highest BCUT2D eigenvalue weighted by Gasteiger charge is 2.56. The molecule has 3 aliphatic rings. The summed E-state index contributed by atoms with van der Waals surface area (Å²) in [5.74, 6) is -0.975. The number of fused-ring (bicyclic) bond motifs is 3. The van der Waals surface area contributed by atoms with Crippen molar-refractivity contribution in [2.75, 3.05) is 38.7 Å². The lowest BCUT2D eigenvalue weighted by Gasteiger charge is -2.43. The predicted octanol–water partition coefficient (Wildman–Crippen LogP) is 0.464. The molecule has 3 saturated heterocycles. The van der Waals surface area contributed by atoms with E-state index in [2.05, 4.69) is 51.9 Å². The molecule has 0 radical (unpaired) electrons. The fourth-order valence-corrected chi connectivity index (χ4v) is 4.43. The third-order valence-electron chi connectivity index (χ3n) is 6.21. The number of esters is 1. The largest absolute Gasteiger partial charge is 0.468 e. The summed E-state index contributed by atoms with van der Waals surface area (Å²) in [5.41, 5.74) is 3.53. The summed E-state index contributed by atoms with van der Waals surface area (Å²) in [6.07, 6.45) is 0.259. The molecule has 4 rings (SSSR count). The molecule has 156 valence electrons. The van der Waals surface area contributed by atoms with Gasteiger partial charge in [-0.2, -0.15) is 0 Å². The monoisotopic (exact) mass is 401 g/mol. The molecular formula is C20H27N5O4. The third kappa shape index (κ3) is 3.14. The molecule has 0 aromatic heterocycles. The molecule has 0 spiro atoms. The van der Waals surface area contributed by atoms with Crippen LogP contribution in [0.4, 0.5) is 10.5 Å². The number of anilines is 1. The fourth-order valence-electron chi connectivity index (χ4n) is 4.43. The van der Waals surface area contributed by atoms with Crippen molar-refractivity contribution in [2.45, 2.75) is 38.8 Å². The van der Waals surface area contributed by atoms with Crippen molar-refractivity contribution in [3.8, 4) is 0 Å². The van der Waals surface area contributed by atoms with E-state index < -0.39 is 24.2 Å². The molecule has 3 fully saturated rings. The fraction of sp³-hybridized carbons (Fsp3) is 0.550. The first-order valence-corrected chi connectivity index (χ1v) is 9.84. The molecule has 1 N–H and O–H groups in total. The van der Waals surface area contributed by atoms with Crippen LogP contribution >= 0.6 is 0 Å². The van der Waals surface area contributed by atoms with E-state index in [1.807, 2.05) is 0 Å². The van der Waals surface area contributed by atoms with Gasteiger partial charge in [-0.15, -0.1) is 0 Å². The first-order valence-electron chi connectivity index (χ1n) is 9.84. The maximum absolute atomic E-state index is 13.2. The molecule has 3 aliphatic heterocycles. The summed E-state index contributed by atoms with van der Waals surface area (Å²) < 4.78 is 4.66. The van der Waals surface area contributed by atoms with Crippen molar-refractivity contribution in [3.05, 3.63) is 29.3 Å².